The van der Waals surface area contributed by atoms with Gasteiger partial charge >= 0.3 is 5.97 Å². The number of carbonyl (C=O) groups excluding carboxylic acids is 1. The van der Waals surface area contributed by atoms with E-state index in [1.54, 1.807) is 12.1 Å². The van der Waals surface area contributed by atoms with E-state index < -0.39 is 5.97 Å². The fourth-order valence-electron chi connectivity index (χ4n) is 2.73. The highest BCUT2D eigenvalue weighted by atomic mass is 16.6. The molecule has 0 saturated carbocycles. The van der Waals surface area contributed by atoms with Crippen LogP contribution in [-0.4, -0.2) is 12.6 Å². The molecule has 138 valence electrons. The zero-order valence-corrected chi connectivity index (χ0v) is 15.9. The summed E-state index contributed by atoms with van der Waals surface area (Å²) in [6, 6.07) is 23.6. The molecule has 0 aliphatic rings. The molecule has 3 aromatic carbocycles. The molecule has 3 aromatic rings. The molecular formula is C24H24O3. The third-order valence-corrected chi connectivity index (χ3v) is 4.35. The van der Waals surface area contributed by atoms with Crippen molar-refractivity contribution in [3.8, 4) is 22.6 Å². The number of hydrogen-bond donors (Lipinski definition) is 0. The van der Waals surface area contributed by atoms with Crippen molar-refractivity contribution in [3.63, 3.8) is 0 Å². The number of hydrogen-bond acceptors (Lipinski definition) is 3. The van der Waals surface area contributed by atoms with E-state index in [1.165, 1.54) is 11.1 Å². The average molecular weight is 360 g/mol. The van der Waals surface area contributed by atoms with Gasteiger partial charge in [-0.1, -0.05) is 67.9 Å². The van der Waals surface area contributed by atoms with Crippen LogP contribution in [0, 0.1) is 6.92 Å². The zero-order valence-electron chi connectivity index (χ0n) is 15.9. The van der Waals surface area contributed by atoms with Gasteiger partial charge in [0.25, 0.3) is 0 Å². The number of carbonyl (C=O) groups is 1. The molecule has 3 rings (SSSR count). The largest absolute Gasteiger partial charge is 0.482 e. The van der Waals surface area contributed by atoms with Gasteiger partial charge in [0.15, 0.2) is 6.61 Å². The van der Waals surface area contributed by atoms with E-state index in [2.05, 4.69) is 45.0 Å². The minimum atomic E-state index is -0.423. The Balaban J connectivity index is 1.56. The molecule has 0 amide bonds. The lowest BCUT2D eigenvalue weighted by Crippen LogP contribution is -2.17. The van der Waals surface area contributed by atoms with Gasteiger partial charge < -0.3 is 9.47 Å². The van der Waals surface area contributed by atoms with E-state index in [9.17, 15) is 4.79 Å². The molecule has 0 N–H and O–H groups in total. The summed E-state index contributed by atoms with van der Waals surface area (Å²) in [5.41, 5.74) is 4.61. The van der Waals surface area contributed by atoms with Crippen LogP contribution in [0.4, 0.5) is 0 Å². The van der Waals surface area contributed by atoms with E-state index in [0.717, 1.165) is 11.1 Å². The minimum absolute atomic E-state index is 0.124. The lowest BCUT2D eigenvalue weighted by molar-refractivity contribution is -0.136. The maximum atomic E-state index is 12.0. The van der Waals surface area contributed by atoms with Crippen molar-refractivity contribution < 1.29 is 14.3 Å². The maximum Gasteiger partial charge on any atom is 0.349 e. The van der Waals surface area contributed by atoms with Gasteiger partial charge in [-0.25, -0.2) is 4.79 Å². The highest BCUT2D eigenvalue weighted by Gasteiger charge is 2.08. The maximum absolute atomic E-state index is 12.0. The lowest BCUT2D eigenvalue weighted by atomic mass is 10.0. The first-order valence-corrected chi connectivity index (χ1v) is 9.12. The van der Waals surface area contributed by atoms with Crippen molar-refractivity contribution in [2.45, 2.75) is 26.7 Å². The third-order valence-electron chi connectivity index (χ3n) is 4.35. The van der Waals surface area contributed by atoms with Crippen LogP contribution in [0.15, 0.2) is 72.8 Å². The molecule has 3 nitrogen and oxygen atoms in total. The van der Waals surface area contributed by atoms with E-state index in [4.69, 9.17) is 9.47 Å². The predicted molar refractivity (Wildman–Crippen MR) is 108 cm³/mol. The Morgan fingerprint density at radius 1 is 0.852 bits per heavy atom. The van der Waals surface area contributed by atoms with Crippen LogP contribution in [0.25, 0.3) is 11.1 Å². The Labute approximate surface area is 160 Å². The molecule has 27 heavy (non-hydrogen) atoms. The molecule has 0 aromatic heterocycles. The number of aryl methyl sites for hydroxylation is 1. The van der Waals surface area contributed by atoms with Gasteiger partial charge in [-0.2, -0.15) is 0 Å². The van der Waals surface area contributed by atoms with E-state index >= 15 is 0 Å². The van der Waals surface area contributed by atoms with Gasteiger partial charge in [-0.3, -0.25) is 0 Å². The van der Waals surface area contributed by atoms with Crippen LogP contribution in [0.1, 0.15) is 30.9 Å². The molecule has 0 heterocycles. The predicted octanol–water partition coefficient (Wildman–Crippen LogP) is 5.77. The summed E-state index contributed by atoms with van der Waals surface area (Å²) in [6.45, 7) is 6.18. The van der Waals surface area contributed by atoms with E-state index in [-0.39, 0.29) is 6.61 Å². The summed E-state index contributed by atoms with van der Waals surface area (Å²) in [5.74, 6) is 1.17. The Hall–Kier alpha value is -3.07. The van der Waals surface area contributed by atoms with Crippen LogP contribution in [0.5, 0.6) is 11.5 Å². The second kappa shape index (κ2) is 8.54. The Morgan fingerprint density at radius 2 is 1.48 bits per heavy atom. The molecule has 0 saturated heterocycles. The third kappa shape index (κ3) is 5.20. The minimum Gasteiger partial charge on any atom is -0.482 e. The Bertz CT molecular complexity index is 894. The van der Waals surface area contributed by atoms with Crippen LogP contribution >= 0.6 is 0 Å². The zero-order chi connectivity index (χ0) is 19.2. The van der Waals surface area contributed by atoms with Crippen molar-refractivity contribution in [3.05, 3.63) is 83.9 Å². The Kier molecular flexibility index (Phi) is 5.92. The summed E-state index contributed by atoms with van der Waals surface area (Å²) in [6.07, 6.45) is 0. The summed E-state index contributed by atoms with van der Waals surface area (Å²) >= 11 is 0. The van der Waals surface area contributed by atoms with Crippen LogP contribution in [0.3, 0.4) is 0 Å². The number of rotatable bonds is 6. The molecule has 0 aliphatic carbocycles. The van der Waals surface area contributed by atoms with Crippen molar-refractivity contribution >= 4 is 5.97 Å². The molecule has 0 fully saturated rings. The topological polar surface area (TPSA) is 35.5 Å². The van der Waals surface area contributed by atoms with E-state index in [1.807, 2.05) is 36.4 Å². The smallest absolute Gasteiger partial charge is 0.349 e. The molecule has 0 aliphatic heterocycles. The molecule has 0 spiro atoms. The molecule has 0 unspecified atom stereocenters. The fourth-order valence-corrected chi connectivity index (χ4v) is 2.73. The van der Waals surface area contributed by atoms with Crippen LogP contribution < -0.4 is 9.47 Å². The first-order valence-electron chi connectivity index (χ1n) is 9.12. The van der Waals surface area contributed by atoms with Crippen LogP contribution in [-0.2, 0) is 4.79 Å². The normalized spacial score (nSPS) is 10.7. The van der Waals surface area contributed by atoms with Crippen molar-refractivity contribution in [2.24, 2.45) is 0 Å². The lowest BCUT2D eigenvalue weighted by Gasteiger charge is -2.10. The van der Waals surface area contributed by atoms with Gasteiger partial charge in [0.1, 0.15) is 11.5 Å². The highest BCUT2D eigenvalue weighted by molar-refractivity contribution is 5.74. The van der Waals surface area contributed by atoms with E-state index in [0.29, 0.717) is 17.4 Å². The quantitative estimate of drug-likeness (QED) is 0.413. The highest BCUT2D eigenvalue weighted by Crippen LogP contribution is 2.23. The molecule has 0 atom stereocenters. The number of ether oxygens (including phenoxy) is 2. The monoisotopic (exact) mass is 360 g/mol. The molecule has 0 radical (unpaired) electrons. The Morgan fingerprint density at radius 3 is 2.11 bits per heavy atom. The SMILES string of the molecule is Cc1ccc(-c2ccc(OC(=O)COc3cccc(C(C)C)c3)cc2)cc1. The van der Waals surface area contributed by atoms with Gasteiger partial charge in [0.2, 0.25) is 0 Å². The van der Waals surface area contributed by atoms with Crippen LogP contribution in [0.2, 0.25) is 0 Å². The van der Waals surface area contributed by atoms with Crippen molar-refractivity contribution in [1.82, 2.24) is 0 Å². The molecular weight excluding hydrogens is 336 g/mol. The van der Waals surface area contributed by atoms with Crippen molar-refractivity contribution in [2.75, 3.05) is 6.61 Å². The fraction of sp³-hybridized carbons (Fsp3) is 0.208. The summed E-state index contributed by atoms with van der Waals surface area (Å²) < 4.78 is 10.9. The first-order chi connectivity index (χ1) is 13.0. The summed E-state index contributed by atoms with van der Waals surface area (Å²) in [7, 11) is 0. The van der Waals surface area contributed by atoms with Crippen molar-refractivity contribution in [1.29, 1.82) is 0 Å². The molecule has 3 heteroatoms. The van der Waals surface area contributed by atoms with Gasteiger partial charge in [0.05, 0.1) is 0 Å². The first kappa shape index (κ1) is 18.7. The standard InChI is InChI=1S/C24H24O3/c1-17(2)21-5-4-6-23(15-21)26-16-24(25)27-22-13-11-20(12-14-22)19-9-7-18(3)8-10-19/h4-15,17H,16H2,1-3H3. The molecule has 0 bridgehead atoms. The number of benzene rings is 3. The van der Waals surface area contributed by atoms with Gasteiger partial charge in [-0.15, -0.1) is 0 Å². The second-order valence-corrected chi connectivity index (χ2v) is 6.88. The van der Waals surface area contributed by atoms with Gasteiger partial charge in [0, 0.05) is 0 Å². The summed E-state index contributed by atoms with van der Waals surface area (Å²) in [4.78, 5) is 12.0. The average Bonchev–Trinajstić information content (AvgIpc) is 2.68. The number of esters is 1. The second-order valence-electron chi connectivity index (χ2n) is 6.88. The van der Waals surface area contributed by atoms with Gasteiger partial charge in [-0.05, 0) is 53.8 Å². The summed E-state index contributed by atoms with van der Waals surface area (Å²) in [5, 5.41) is 0.